The molecule has 0 aromatic heterocycles. The fraction of sp³-hybridized carbons (Fsp3) is 0.923. The average molecular weight is 257 g/mol. The molecule has 0 radical (unpaired) electrons. The fourth-order valence-corrected chi connectivity index (χ4v) is 1.72. The van der Waals surface area contributed by atoms with Crippen LogP contribution in [0.5, 0.6) is 0 Å². The predicted molar refractivity (Wildman–Crippen MR) is 74.2 cm³/mol. The van der Waals surface area contributed by atoms with Gasteiger partial charge < -0.3 is 11.1 Å². The first-order chi connectivity index (χ1) is 8.61. The Labute approximate surface area is 110 Å². The maximum absolute atomic E-state index is 11.6. The molecule has 0 fully saturated rings. The molecule has 1 atom stereocenters. The van der Waals surface area contributed by atoms with E-state index in [1.165, 1.54) is 6.42 Å². The van der Waals surface area contributed by atoms with Gasteiger partial charge in [0.25, 0.3) is 0 Å². The number of nitrogens with zero attached hydrogens (tertiary/aromatic N) is 1. The number of nitrogens with one attached hydrogen (secondary N) is 1. The Hall–Kier alpha value is -0.970. The van der Waals surface area contributed by atoms with Gasteiger partial charge in [-0.25, -0.2) is 0 Å². The van der Waals surface area contributed by atoms with Gasteiger partial charge in [-0.3, -0.25) is 4.79 Å². The van der Waals surface area contributed by atoms with E-state index in [0.717, 1.165) is 25.7 Å². The molecule has 1 amide bonds. The van der Waals surface area contributed by atoms with Crippen molar-refractivity contribution in [1.29, 1.82) is 0 Å². The molecule has 3 N–H and O–H groups in total. The van der Waals surface area contributed by atoms with Crippen molar-refractivity contribution in [2.75, 3.05) is 13.1 Å². The lowest BCUT2D eigenvalue weighted by atomic mass is 10.1. The zero-order valence-electron chi connectivity index (χ0n) is 11.7. The minimum Gasteiger partial charge on any atom is -0.354 e. The number of hydrogen-bond acceptors (Lipinski definition) is 4. The Morgan fingerprint density at radius 2 is 1.83 bits per heavy atom. The van der Waals surface area contributed by atoms with Gasteiger partial charge in [-0.1, -0.05) is 31.9 Å². The lowest BCUT2D eigenvalue weighted by Crippen LogP contribution is -2.34. The van der Waals surface area contributed by atoms with Crippen molar-refractivity contribution in [2.45, 2.75) is 58.4 Å². The highest BCUT2D eigenvalue weighted by Crippen LogP contribution is 2.06. The molecule has 0 aliphatic rings. The maximum atomic E-state index is 11.6. The molecule has 0 aromatic rings. The number of unbranched alkanes of at least 4 members (excludes halogenated alkanes) is 2. The van der Waals surface area contributed by atoms with Crippen molar-refractivity contribution in [3.05, 3.63) is 4.91 Å². The van der Waals surface area contributed by atoms with Crippen LogP contribution in [0.15, 0.2) is 5.18 Å². The molecule has 5 heteroatoms. The second-order valence-corrected chi connectivity index (χ2v) is 5.09. The third-order valence-electron chi connectivity index (χ3n) is 2.87. The van der Waals surface area contributed by atoms with E-state index in [1.807, 2.05) is 0 Å². The summed E-state index contributed by atoms with van der Waals surface area (Å²) < 4.78 is 0. The van der Waals surface area contributed by atoms with Crippen molar-refractivity contribution < 1.29 is 4.79 Å². The summed E-state index contributed by atoms with van der Waals surface area (Å²) in [5.74, 6) is 0.452. The molecule has 0 saturated heterocycles. The van der Waals surface area contributed by atoms with Crippen LogP contribution in [0.25, 0.3) is 0 Å². The third kappa shape index (κ3) is 9.10. The number of carbonyl (C=O) groups excluding carboxylic acids is 1. The topological polar surface area (TPSA) is 84.6 Å². The first-order valence-corrected chi connectivity index (χ1v) is 6.92. The van der Waals surface area contributed by atoms with Gasteiger partial charge in [0.15, 0.2) is 6.04 Å². The Morgan fingerprint density at radius 1 is 1.17 bits per heavy atom. The number of nitroso groups, excluding NO2 is 1. The van der Waals surface area contributed by atoms with Crippen molar-refractivity contribution in [3.63, 3.8) is 0 Å². The molecule has 0 aromatic carbocycles. The molecule has 18 heavy (non-hydrogen) atoms. The van der Waals surface area contributed by atoms with Gasteiger partial charge in [0.05, 0.1) is 0 Å². The van der Waals surface area contributed by atoms with E-state index in [-0.39, 0.29) is 5.91 Å². The number of rotatable bonds is 11. The van der Waals surface area contributed by atoms with E-state index in [2.05, 4.69) is 24.3 Å². The molecular formula is C13H27N3O2. The number of carbonyl (C=O) groups is 1. The second-order valence-electron chi connectivity index (χ2n) is 5.09. The van der Waals surface area contributed by atoms with Crippen molar-refractivity contribution in [1.82, 2.24) is 5.32 Å². The van der Waals surface area contributed by atoms with E-state index in [9.17, 15) is 9.70 Å². The van der Waals surface area contributed by atoms with Crippen LogP contribution in [-0.4, -0.2) is 25.0 Å². The molecule has 0 unspecified atom stereocenters. The van der Waals surface area contributed by atoms with Crippen molar-refractivity contribution >= 4 is 5.91 Å². The summed E-state index contributed by atoms with van der Waals surface area (Å²) >= 11 is 0. The van der Waals surface area contributed by atoms with Crippen molar-refractivity contribution in [2.24, 2.45) is 16.8 Å². The van der Waals surface area contributed by atoms with Gasteiger partial charge in [0.2, 0.25) is 5.91 Å². The minimum atomic E-state index is -0.748. The lowest BCUT2D eigenvalue weighted by molar-refractivity contribution is -0.122. The summed E-state index contributed by atoms with van der Waals surface area (Å²) in [7, 11) is 0. The van der Waals surface area contributed by atoms with Crippen LogP contribution in [0.2, 0.25) is 0 Å². The second kappa shape index (κ2) is 11.1. The summed E-state index contributed by atoms with van der Waals surface area (Å²) in [6, 6.07) is -0.748. The summed E-state index contributed by atoms with van der Waals surface area (Å²) in [4.78, 5) is 22.2. The van der Waals surface area contributed by atoms with Gasteiger partial charge in [-0.2, -0.15) is 0 Å². The Balaban J connectivity index is 3.66. The number of nitrogens with two attached hydrogens (primary N) is 1. The van der Waals surface area contributed by atoms with E-state index < -0.39 is 6.04 Å². The van der Waals surface area contributed by atoms with E-state index in [0.29, 0.717) is 25.4 Å². The highest BCUT2D eigenvalue weighted by Gasteiger charge is 2.17. The largest absolute Gasteiger partial charge is 0.354 e. The Morgan fingerprint density at radius 3 is 2.39 bits per heavy atom. The lowest BCUT2D eigenvalue weighted by Gasteiger charge is -2.10. The molecule has 0 aliphatic heterocycles. The highest BCUT2D eigenvalue weighted by molar-refractivity contribution is 5.81. The van der Waals surface area contributed by atoms with Crippen LogP contribution in [0, 0.1) is 10.8 Å². The van der Waals surface area contributed by atoms with Gasteiger partial charge in [-0.15, -0.1) is 4.91 Å². The molecule has 0 bridgehead atoms. The standard InChI is InChI=1S/C13H27N3O2/c1-11(2)7-4-6-10-15-13(17)12(16-18)8-3-5-9-14/h11-12H,3-10,14H2,1-2H3,(H,15,17)/t12-/m1/s1. The van der Waals surface area contributed by atoms with Crippen LogP contribution in [0.4, 0.5) is 0 Å². The Kier molecular flexibility index (Phi) is 10.5. The molecule has 0 rings (SSSR count). The predicted octanol–water partition coefficient (Wildman–Crippen LogP) is 2.19. The first-order valence-electron chi connectivity index (χ1n) is 6.92. The third-order valence-corrected chi connectivity index (χ3v) is 2.87. The molecule has 0 heterocycles. The summed E-state index contributed by atoms with van der Waals surface area (Å²) in [6.45, 7) is 5.58. The highest BCUT2D eigenvalue weighted by atomic mass is 16.3. The first kappa shape index (κ1) is 17.0. The van der Waals surface area contributed by atoms with Crippen molar-refractivity contribution in [3.8, 4) is 0 Å². The average Bonchev–Trinajstić information content (AvgIpc) is 2.33. The van der Waals surface area contributed by atoms with Gasteiger partial charge in [-0.05, 0) is 38.1 Å². The van der Waals surface area contributed by atoms with Crippen LogP contribution in [0.3, 0.4) is 0 Å². The number of amides is 1. The van der Waals surface area contributed by atoms with E-state index in [1.54, 1.807) is 0 Å². The van der Waals surface area contributed by atoms with Gasteiger partial charge in [0, 0.05) is 6.54 Å². The normalized spacial score (nSPS) is 12.4. The van der Waals surface area contributed by atoms with Gasteiger partial charge >= 0.3 is 0 Å². The smallest absolute Gasteiger partial charge is 0.248 e. The van der Waals surface area contributed by atoms with Crippen LogP contribution < -0.4 is 11.1 Å². The molecule has 5 nitrogen and oxygen atoms in total. The molecule has 0 saturated carbocycles. The zero-order valence-corrected chi connectivity index (χ0v) is 11.7. The van der Waals surface area contributed by atoms with E-state index >= 15 is 0 Å². The SMILES string of the molecule is CC(C)CCCCNC(=O)[C@@H](CCCCN)N=O. The summed E-state index contributed by atoms with van der Waals surface area (Å²) in [6.07, 6.45) is 5.32. The van der Waals surface area contributed by atoms with Crippen LogP contribution in [0.1, 0.15) is 52.4 Å². The van der Waals surface area contributed by atoms with Crippen LogP contribution >= 0.6 is 0 Å². The minimum absolute atomic E-state index is 0.244. The molecule has 0 aliphatic carbocycles. The van der Waals surface area contributed by atoms with Crippen LogP contribution in [-0.2, 0) is 4.79 Å². The molecule has 0 spiro atoms. The zero-order chi connectivity index (χ0) is 13.8. The molecule has 106 valence electrons. The van der Waals surface area contributed by atoms with E-state index in [4.69, 9.17) is 5.73 Å². The fourth-order valence-electron chi connectivity index (χ4n) is 1.72. The Bertz CT molecular complexity index is 232. The summed E-state index contributed by atoms with van der Waals surface area (Å²) in [5, 5.41) is 5.65. The number of hydrogen-bond donors (Lipinski definition) is 2. The monoisotopic (exact) mass is 257 g/mol. The van der Waals surface area contributed by atoms with Gasteiger partial charge in [0.1, 0.15) is 0 Å². The summed E-state index contributed by atoms with van der Waals surface area (Å²) in [5.41, 5.74) is 5.36. The molecular weight excluding hydrogens is 230 g/mol. The quantitative estimate of drug-likeness (QED) is 0.439. The maximum Gasteiger partial charge on any atom is 0.248 e.